The van der Waals surface area contributed by atoms with Crippen LogP contribution in [0.2, 0.25) is 0 Å². The van der Waals surface area contributed by atoms with Crippen molar-refractivity contribution in [2.75, 3.05) is 7.11 Å². The zero-order valence-corrected chi connectivity index (χ0v) is 7.27. The molecule has 0 atom stereocenters. The van der Waals surface area contributed by atoms with Gasteiger partial charge in [0, 0.05) is 0 Å². The van der Waals surface area contributed by atoms with Gasteiger partial charge in [0.05, 0.1) is 21.2 Å². The minimum atomic E-state index is -0.715. The summed E-state index contributed by atoms with van der Waals surface area (Å²) >= 11 is 0. The van der Waals surface area contributed by atoms with Crippen molar-refractivity contribution in [2.24, 2.45) is 14.1 Å². The lowest BCUT2D eigenvalue weighted by Crippen LogP contribution is -2.30. The van der Waals surface area contributed by atoms with Crippen LogP contribution >= 0.6 is 0 Å². The maximum absolute atomic E-state index is 10.7. The van der Waals surface area contributed by atoms with Crippen molar-refractivity contribution in [1.29, 1.82) is 0 Å². The van der Waals surface area contributed by atoms with Crippen LogP contribution in [0.1, 0.15) is 0 Å². The third-order valence-corrected chi connectivity index (χ3v) is 1.46. The van der Waals surface area contributed by atoms with E-state index in [1.807, 2.05) is 0 Å². The van der Waals surface area contributed by atoms with Crippen LogP contribution < -0.4 is 9.30 Å². The summed E-state index contributed by atoms with van der Waals surface area (Å²) < 4.78 is 12.5. The summed E-state index contributed by atoms with van der Waals surface area (Å²) in [7, 11) is 4.82. The first kappa shape index (κ1) is 8.58. The molecule has 0 radical (unpaired) electrons. The molecule has 0 saturated carbocycles. The topological polar surface area (TPSA) is 44.3 Å². The molecule has 0 aromatic carbocycles. The van der Waals surface area contributed by atoms with Gasteiger partial charge in [-0.25, -0.2) is 4.79 Å². The summed E-state index contributed by atoms with van der Waals surface area (Å²) in [6.45, 7) is 0. The molecule has 0 aliphatic carbocycles. The van der Waals surface area contributed by atoms with E-state index in [1.165, 1.54) is 7.11 Å². The van der Waals surface area contributed by atoms with Crippen molar-refractivity contribution >= 4 is 6.16 Å². The van der Waals surface area contributed by atoms with Crippen molar-refractivity contribution in [2.45, 2.75) is 0 Å². The van der Waals surface area contributed by atoms with Gasteiger partial charge in [-0.2, -0.15) is 9.13 Å². The van der Waals surface area contributed by atoms with Gasteiger partial charge in [-0.15, -0.1) is 0 Å². The average Bonchev–Trinajstić information content (AvgIpc) is 2.35. The van der Waals surface area contributed by atoms with Gasteiger partial charge in [0.25, 0.3) is 0 Å². The van der Waals surface area contributed by atoms with Gasteiger partial charge in [0.2, 0.25) is 0 Å². The fourth-order valence-corrected chi connectivity index (χ4v) is 0.837. The van der Waals surface area contributed by atoms with E-state index in [2.05, 4.69) is 4.74 Å². The number of aryl methyl sites for hydroxylation is 2. The second-order valence-corrected chi connectivity index (χ2v) is 2.36. The number of imidazole rings is 1. The average molecular weight is 171 g/mol. The first-order chi connectivity index (χ1) is 5.65. The van der Waals surface area contributed by atoms with E-state index in [0.29, 0.717) is 6.01 Å². The predicted octanol–water partition coefficient (Wildman–Crippen LogP) is -0.00520. The molecule has 0 unspecified atom stereocenters. The maximum Gasteiger partial charge on any atom is 0.518 e. The Morgan fingerprint density at radius 1 is 1.67 bits per heavy atom. The fraction of sp³-hybridized carbons (Fsp3) is 0.429. The largest absolute Gasteiger partial charge is 0.518 e. The van der Waals surface area contributed by atoms with Crippen molar-refractivity contribution in [3.05, 3.63) is 12.4 Å². The van der Waals surface area contributed by atoms with E-state index in [9.17, 15) is 4.79 Å². The molecule has 1 aromatic heterocycles. The highest BCUT2D eigenvalue weighted by atomic mass is 16.7. The summed E-state index contributed by atoms with van der Waals surface area (Å²) in [6, 6.07) is 0.432. The Morgan fingerprint density at radius 2 is 2.33 bits per heavy atom. The van der Waals surface area contributed by atoms with Crippen LogP contribution in [0.25, 0.3) is 0 Å². The minimum absolute atomic E-state index is 0.432. The number of methoxy groups -OCH3 is 1. The van der Waals surface area contributed by atoms with Crippen molar-refractivity contribution < 1.29 is 18.8 Å². The molecule has 1 aromatic rings. The quantitative estimate of drug-likeness (QED) is 0.441. The Morgan fingerprint density at radius 3 is 2.75 bits per heavy atom. The maximum atomic E-state index is 10.7. The molecule has 5 nitrogen and oxygen atoms in total. The molecule has 5 heteroatoms. The Hall–Kier alpha value is -1.52. The van der Waals surface area contributed by atoms with Crippen LogP contribution in [0.5, 0.6) is 6.01 Å². The SMILES string of the molecule is COC(=O)Oc1n(C)cc[n+]1C. The number of carbonyl (C=O) groups is 1. The molecule has 0 aliphatic heterocycles. The molecule has 1 heterocycles. The number of rotatable bonds is 1. The van der Waals surface area contributed by atoms with E-state index in [4.69, 9.17) is 4.74 Å². The van der Waals surface area contributed by atoms with Gasteiger partial charge in [-0.1, -0.05) is 0 Å². The van der Waals surface area contributed by atoms with Crippen LogP contribution in [-0.2, 0) is 18.8 Å². The van der Waals surface area contributed by atoms with Crippen LogP contribution in [0.3, 0.4) is 0 Å². The number of ether oxygens (including phenoxy) is 2. The predicted molar refractivity (Wildman–Crippen MR) is 39.6 cm³/mol. The van der Waals surface area contributed by atoms with Gasteiger partial charge in [-0.05, 0) is 0 Å². The third kappa shape index (κ3) is 1.55. The normalized spacial score (nSPS) is 9.58. The standard InChI is InChI=1S/C7H11N2O3/c1-8-4-5-9(2)6(8)12-7(10)11-3/h4-5H,1-3H3/q+1. The number of nitrogens with zero attached hydrogens (tertiary/aromatic N) is 2. The number of hydrogen-bond donors (Lipinski definition) is 0. The molecule has 0 saturated heterocycles. The molecular weight excluding hydrogens is 160 g/mol. The number of hydrogen-bond acceptors (Lipinski definition) is 3. The molecule has 0 N–H and O–H groups in total. The van der Waals surface area contributed by atoms with Gasteiger partial charge < -0.3 is 9.47 Å². The van der Waals surface area contributed by atoms with Crippen LogP contribution in [0.15, 0.2) is 12.4 Å². The fourth-order valence-electron chi connectivity index (χ4n) is 0.837. The molecule has 12 heavy (non-hydrogen) atoms. The van der Waals surface area contributed by atoms with Crippen molar-refractivity contribution in [1.82, 2.24) is 4.57 Å². The van der Waals surface area contributed by atoms with E-state index >= 15 is 0 Å². The zero-order valence-electron chi connectivity index (χ0n) is 7.27. The lowest BCUT2D eigenvalue weighted by atomic mass is 10.9. The lowest BCUT2D eigenvalue weighted by Gasteiger charge is -1.97. The Kier molecular flexibility index (Phi) is 2.32. The monoisotopic (exact) mass is 171 g/mol. The summed E-state index contributed by atoms with van der Waals surface area (Å²) in [5.41, 5.74) is 0. The Balaban J connectivity index is 2.80. The highest BCUT2D eigenvalue weighted by Crippen LogP contribution is 2.01. The minimum Gasteiger partial charge on any atom is -0.437 e. The summed E-state index contributed by atoms with van der Waals surface area (Å²) in [4.78, 5) is 10.7. The van der Waals surface area contributed by atoms with Gasteiger partial charge in [0.15, 0.2) is 0 Å². The Labute approximate surface area is 70.1 Å². The molecule has 0 bridgehead atoms. The molecule has 66 valence electrons. The van der Waals surface area contributed by atoms with E-state index < -0.39 is 6.16 Å². The zero-order chi connectivity index (χ0) is 9.14. The van der Waals surface area contributed by atoms with E-state index in [1.54, 1.807) is 35.6 Å². The summed E-state index contributed by atoms with van der Waals surface area (Å²) in [5, 5.41) is 0. The number of carbonyl (C=O) groups excluding carboxylic acids is 1. The van der Waals surface area contributed by atoms with Crippen molar-refractivity contribution in [3.8, 4) is 6.01 Å². The van der Waals surface area contributed by atoms with Crippen LogP contribution in [-0.4, -0.2) is 17.8 Å². The van der Waals surface area contributed by atoms with Gasteiger partial charge in [-0.3, -0.25) is 0 Å². The molecule has 0 spiro atoms. The van der Waals surface area contributed by atoms with Gasteiger partial charge >= 0.3 is 12.2 Å². The first-order valence-electron chi connectivity index (χ1n) is 3.42. The Bertz CT molecular complexity index is 273. The van der Waals surface area contributed by atoms with E-state index in [0.717, 1.165) is 0 Å². The molecule has 0 amide bonds. The smallest absolute Gasteiger partial charge is 0.437 e. The molecule has 1 rings (SSSR count). The van der Waals surface area contributed by atoms with E-state index in [-0.39, 0.29) is 0 Å². The molecule has 0 aliphatic rings. The number of aromatic nitrogens is 2. The van der Waals surface area contributed by atoms with Crippen LogP contribution in [0, 0.1) is 0 Å². The molecule has 0 fully saturated rings. The second kappa shape index (κ2) is 3.25. The molecular formula is C7H11N2O3+. The van der Waals surface area contributed by atoms with Crippen LogP contribution in [0.4, 0.5) is 4.79 Å². The van der Waals surface area contributed by atoms with Crippen molar-refractivity contribution in [3.63, 3.8) is 0 Å². The lowest BCUT2D eigenvalue weighted by molar-refractivity contribution is -0.675. The third-order valence-electron chi connectivity index (χ3n) is 1.46. The summed E-state index contributed by atoms with van der Waals surface area (Å²) in [6.07, 6.45) is 2.84. The first-order valence-corrected chi connectivity index (χ1v) is 3.42. The highest BCUT2D eigenvalue weighted by Gasteiger charge is 2.17. The highest BCUT2D eigenvalue weighted by molar-refractivity contribution is 5.61. The second-order valence-electron chi connectivity index (χ2n) is 2.36. The van der Waals surface area contributed by atoms with Gasteiger partial charge in [0.1, 0.15) is 12.4 Å². The summed E-state index contributed by atoms with van der Waals surface area (Å²) in [5.74, 6) is 0.